The molecule has 0 radical (unpaired) electrons. The monoisotopic (exact) mass is 386 g/mol. The van der Waals surface area contributed by atoms with Crippen molar-refractivity contribution in [3.05, 3.63) is 34.4 Å². The van der Waals surface area contributed by atoms with Crippen LogP contribution in [-0.4, -0.2) is 56.1 Å². The summed E-state index contributed by atoms with van der Waals surface area (Å²) in [4.78, 5) is 14.9. The number of hydrogen-bond donors (Lipinski definition) is 1. The molecule has 0 aliphatic carbocycles. The Hall–Kier alpha value is -2.19. The van der Waals surface area contributed by atoms with E-state index in [1.54, 1.807) is 4.68 Å². The molecule has 8 heteroatoms. The van der Waals surface area contributed by atoms with Crippen molar-refractivity contribution < 1.29 is 9.53 Å². The molecule has 1 unspecified atom stereocenters. The van der Waals surface area contributed by atoms with Gasteiger partial charge in [-0.15, -0.1) is 0 Å². The van der Waals surface area contributed by atoms with Gasteiger partial charge in [0.2, 0.25) is 0 Å². The van der Waals surface area contributed by atoms with Gasteiger partial charge in [0, 0.05) is 56.1 Å². The minimum absolute atomic E-state index is 0.0865. The molecule has 0 spiro atoms. The van der Waals surface area contributed by atoms with Crippen molar-refractivity contribution in [2.45, 2.75) is 58.8 Å². The Labute approximate surface area is 165 Å². The lowest BCUT2D eigenvalue weighted by atomic mass is 10.0. The molecule has 0 bridgehead atoms. The van der Waals surface area contributed by atoms with Crippen LogP contribution < -0.4 is 5.32 Å². The van der Waals surface area contributed by atoms with E-state index in [0.29, 0.717) is 12.3 Å². The Morgan fingerprint density at radius 2 is 2.25 bits per heavy atom. The molecule has 4 rings (SSSR count). The number of carbonyl (C=O) groups excluding carboxylic acids is 1. The fourth-order valence-electron chi connectivity index (χ4n) is 4.23. The van der Waals surface area contributed by atoms with Crippen LogP contribution in [0.15, 0.2) is 6.07 Å². The molecule has 1 saturated heterocycles. The lowest BCUT2D eigenvalue weighted by molar-refractivity contribution is 0.0892. The van der Waals surface area contributed by atoms with E-state index in [4.69, 9.17) is 9.84 Å². The quantitative estimate of drug-likeness (QED) is 0.841. The Morgan fingerprint density at radius 1 is 1.39 bits per heavy atom. The molecule has 1 N–H and O–H groups in total. The first-order valence-electron chi connectivity index (χ1n) is 10.2. The fraction of sp³-hybridized carbons (Fsp3) is 0.650. The van der Waals surface area contributed by atoms with E-state index in [-0.39, 0.29) is 11.9 Å². The molecule has 2 aliphatic rings. The molecule has 2 aromatic rings. The highest BCUT2D eigenvalue weighted by Gasteiger charge is 2.26. The van der Waals surface area contributed by atoms with Crippen molar-refractivity contribution in [1.82, 2.24) is 29.8 Å². The Kier molecular flexibility index (Phi) is 5.50. The van der Waals surface area contributed by atoms with E-state index < -0.39 is 0 Å². The molecule has 2 aromatic heterocycles. The average molecular weight is 387 g/mol. The summed E-state index contributed by atoms with van der Waals surface area (Å²) in [6, 6.07) is 1.98. The number of fused-ring (bicyclic) bond motifs is 1. The van der Waals surface area contributed by atoms with Crippen LogP contribution in [0, 0.1) is 6.92 Å². The zero-order chi connectivity index (χ0) is 19.7. The first-order chi connectivity index (χ1) is 13.5. The van der Waals surface area contributed by atoms with Gasteiger partial charge in [-0.2, -0.15) is 10.2 Å². The van der Waals surface area contributed by atoms with Crippen molar-refractivity contribution >= 4 is 5.91 Å². The number of piperidine rings is 1. The number of nitrogens with one attached hydrogen (secondary N) is 1. The molecule has 1 fully saturated rings. The van der Waals surface area contributed by atoms with E-state index in [9.17, 15) is 4.79 Å². The van der Waals surface area contributed by atoms with Gasteiger partial charge in [-0.1, -0.05) is 0 Å². The number of aromatic nitrogens is 4. The van der Waals surface area contributed by atoms with Crippen molar-refractivity contribution in [2.75, 3.05) is 19.7 Å². The molecule has 2 aliphatic heterocycles. The van der Waals surface area contributed by atoms with Crippen LogP contribution >= 0.6 is 0 Å². The molecule has 1 atom stereocenters. The van der Waals surface area contributed by atoms with Gasteiger partial charge in [0.25, 0.3) is 5.91 Å². The van der Waals surface area contributed by atoms with Crippen LogP contribution in [0.1, 0.15) is 52.9 Å². The van der Waals surface area contributed by atoms with Gasteiger partial charge < -0.3 is 10.1 Å². The van der Waals surface area contributed by atoms with Gasteiger partial charge in [0.15, 0.2) is 0 Å². The second-order valence-corrected chi connectivity index (χ2v) is 7.83. The van der Waals surface area contributed by atoms with E-state index in [0.717, 1.165) is 63.4 Å². The fourth-order valence-corrected chi connectivity index (χ4v) is 4.23. The smallest absolute Gasteiger partial charge is 0.272 e. The SMILES string of the molecule is CCn1nc(CN2CCCC(NC(=O)c3cc(C)n(C)n3)C2)c2c1CCOC2. The van der Waals surface area contributed by atoms with Crippen LogP contribution in [0.2, 0.25) is 0 Å². The van der Waals surface area contributed by atoms with Gasteiger partial charge in [0.1, 0.15) is 5.69 Å². The summed E-state index contributed by atoms with van der Waals surface area (Å²) in [5.74, 6) is -0.0865. The molecule has 8 nitrogen and oxygen atoms in total. The molecule has 28 heavy (non-hydrogen) atoms. The number of nitrogens with zero attached hydrogens (tertiary/aromatic N) is 5. The number of likely N-dealkylation sites (tertiary alicyclic amines) is 1. The zero-order valence-electron chi connectivity index (χ0n) is 17.1. The van der Waals surface area contributed by atoms with Gasteiger partial charge in [-0.05, 0) is 39.3 Å². The average Bonchev–Trinajstić information content (AvgIpc) is 3.22. The second kappa shape index (κ2) is 8.05. The maximum Gasteiger partial charge on any atom is 0.272 e. The number of ether oxygens (including phenoxy) is 1. The summed E-state index contributed by atoms with van der Waals surface area (Å²) in [6.07, 6.45) is 3.01. The van der Waals surface area contributed by atoms with Crippen molar-refractivity contribution in [2.24, 2.45) is 7.05 Å². The number of carbonyl (C=O) groups is 1. The maximum atomic E-state index is 12.5. The van der Waals surface area contributed by atoms with Crippen molar-refractivity contribution in [3.63, 3.8) is 0 Å². The summed E-state index contributed by atoms with van der Waals surface area (Å²) in [5.41, 5.74) is 5.20. The number of amides is 1. The van der Waals surface area contributed by atoms with Crippen molar-refractivity contribution in [1.29, 1.82) is 0 Å². The van der Waals surface area contributed by atoms with Gasteiger partial charge >= 0.3 is 0 Å². The Morgan fingerprint density at radius 3 is 3.00 bits per heavy atom. The highest BCUT2D eigenvalue weighted by Crippen LogP contribution is 2.23. The zero-order valence-corrected chi connectivity index (χ0v) is 17.1. The van der Waals surface area contributed by atoms with Crippen LogP contribution in [0.4, 0.5) is 0 Å². The lowest BCUT2D eigenvalue weighted by Crippen LogP contribution is -2.47. The minimum atomic E-state index is -0.0865. The summed E-state index contributed by atoms with van der Waals surface area (Å²) in [7, 11) is 1.86. The minimum Gasteiger partial charge on any atom is -0.376 e. The third kappa shape index (κ3) is 3.84. The van der Waals surface area contributed by atoms with Crippen LogP contribution in [0.3, 0.4) is 0 Å². The first-order valence-corrected chi connectivity index (χ1v) is 10.2. The van der Waals surface area contributed by atoms with E-state index in [2.05, 4.69) is 26.9 Å². The van der Waals surface area contributed by atoms with Gasteiger partial charge in [-0.3, -0.25) is 19.1 Å². The Bertz CT molecular complexity index is 836. The summed E-state index contributed by atoms with van der Waals surface area (Å²) < 4.78 is 9.54. The molecule has 152 valence electrons. The summed E-state index contributed by atoms with van der Waals surface area (Å²) >= 11 is 0. The molecule has 4 heterocycles. The third-order valence-electron chi connectivity index (χ3n) is 5.84. The topological polar surface area (TPSA) is 77.2 Å². The van der Waals surface area contributed by atoms with E-state index in [1.807, 2.05) is 20.0 Å². The highest BCUT2D eigenvalue weighted by atomic mass is 16.5. The molecular weight excluding hydrogens is 356 g/mol. The summed E-state index contributed by atoms with van der Waals surface area (Å²) in [6.45, 7) is 9.11. The first kappa shape index (κ1) is 19.1. The predicted octanol–water partition coefficient (Wildman–Crippen LogP) is 1.41. The third-order valence-corrected chi connectivity index (χ3v) is 5.84. The largest absolute Gasteiger partial charge is 0.376 e. The second-order valence-electron chi connectivity index (χ2n) is 7.83. The van der Waals surface area contributed by atoms with Crippen molar-refractivity contribution in [3.8, 4) is 0 Å². The van der Waals surface area contributed by atoms with Gasteiger partial charge in [0.05, 0.1) is 18.9 Å². The summed E-state index contributed by atoms with van der Waals surface area (Å²) in [5, 5.41) is 12.3. The molecule has 0 aromatic carbocycles. The predicted molar refractivity (Wildman–Crippen MR) is 105 cm³/mol. The Balaban J connectivity index is 1.40. The number of hydrogen-bond acceptors (Lipinski definition) is 5. The lowest BCUT2D eigenvalue weighted by Gasteiger charge is -2.32. The van der Waals surface area contributed by atoms with E-state index >= 15 is 0 Å². The standard InChI is InChI=1S/C20H30N6O2/c1-4-26-19-7-9-28-13-16(19)18(23-26)12-25-8-5-6-15(11-25)21-20(27)17-10-14(2)24(3)22-17/h10,15H,4-9,11-13H2,1-3H3,(H,21,27). The van der Waals surface area contributed by atoms with Gasteiger partial charge in [-0.25, -0.2) is 0 Å². The van der Waals surface area contributed by atoms with Crippen LogP contribution in [0.5, 0.6) is 0 Å². The molecular formula is C20H30N6O2. The molecule has 1 amide bonds. The maximum absolute atomic E-state index is 12.5. The number of rotatable bonds is 5. The normalized spacial score (nSPS) is 20.2. The number of aryl methyl sites for hydroxylation is 3. The van der Waals surface area contributed by atoms with Crippen LogP contribution in [0.25, 0.3) is 0 Å². The highest BCUT2D eigenvalue weighted by molar-refractivity contribution is 5.92. The van der Waals surface area contributed by atoms with Crippen LogP contribution in [-0.2, 0) is 37.9 Å². The molecule has 0 saturated carbocycles. The van der Waals surface area contributed by atoms with E-state index in [1.165, 1.54) is 11.3 Å².